The molecule has 3 heteroatoms. The number of hydrogen-bond donors (Lipinski definition) is 2. The minimum absolute atomic E-state index is 0.113. The lowest BCUT2D eigenvalue weighted by Crippen LogP contribution is -2.19. The molecule has 0 fully saturated rings. The minimum atomic E-state index is 0.113. The molecule has 1 aromatic carbocycles. The summed E-state index contributed by atoms with van der Waals surface area (Å²) < 4.78 is 0. The van der Waals surface area contributed by atoms with E-state index in [1.807, 2.05) is 6.07 Å². The van der Waals surface area contributed by atoms with Gasteiger partial charge < -0.3 is 10.6 Å². The maximum atomic E-state index is 12.1. The number of anilines is 2. The highest BCUT2D eigenvalue weighted by molar-refractivity contribution is 5.91. The maximum absolute atomic E-state index is 12.1. The third-order valence-electron chi connectivity index (χ3n) is 3.83. The smallest absolute Gasteiger partial charge is 0.224 e. The van der Waals surface area contributed by atoms with Gasteiger partial charge in [0.1, 0.15) is 0 Å². The Balaban J connectivity index is 1.91. The summed E-state index contributed by atoms with van der Waals surface area (Å²) in [6.45, 7) is 9.83. The van der Waals surface area contributed by atoms with Crippen LogP contribution >= 0.6 is 0 Å². The first-order chi connectivity index (χ1) is 9.83. The van der Waals surface area contributed by atoms with Gasteiger partial charge in [-0.15, -0.1) is 0 Å². The van der Waals surface area contributed by atoms with Crippen molar-refractivity contribution in [1.29, 1.82) is 0 Å². The lowest BCUT2D eigenvalue weighted by molar-refractivity contribution is -0.117. The molecule has 21 heavy (non-hydrogen) atoms. The summed E-state index contributed by atoms with van der Waals surface area (Å²) in [7, 11) is 0. The second-order valence-electron chi connectivity index (χ2n) is 7.52. The number of carbonyl (C=O) groups is 1. The van der Waals surface area contributed by atoms with Gasteiger partial charge in [0.25, 0.3) is 0 Å². The molecule has 1 amide bonds. The fourth-order valence-corrected chi connectivity index (χ4v) is 3.18. The van der Waals surface area contributed by atoms with Crippen molar-refractivity contribution < 1.29 is 4.79 Å². The van der Waals surface area contributed by atoms with Crippen LogP contribution in [-0.4, -0.2) is 12.5 Å². The number of fused-ring (bicyclic) bond motifs is 1. The minimum Gasteiger partial charge on any atom is -0.385 e. The number of carbonyl (C=O) groups excluding carboxylic acids is 1. The molecule has 2 rings (SSSR count). The first kappa shape index (κ1) is 15.9. The molecule has 1 heterocycles. The average molecular weight is 288 g/mol. The molecule has 1 atom stereocenters. The first-order valence-corrected chi connectivity index (χ1v) is 8.00. The first-order valence-electron chi connectivity index (χ1n) is 8.00. The zero-order valence-electron chi connectivity index (χ0n) is 13.8. The van der Waals surface area contributed by atoms with Gasteiger partial charge in [-0.2, -0.15) is 0 Å². The fourth-order valence-electron chi connectivity index (χ4n) is 3.18. The van der Waals surface area contributed by atoms with Crippen LogP contribution in [0.1, 0.15) is 52.5 Å². The normalized spacial score (nSPS) is 15.8. The Hall–Kier alpha value is -1.51. The quantitative estimate of drug-likeness (QED) is 0.859. The van der Waals surface area contributed by atoms with Crippen LogP contribution in [0.4, 0.5) is 11.4 Å². The van der Waals surface area contributed by atoms with E-state index in [-0.39, 0.29) is 11.3 Å². The Morgan fingerprint density at radius 3 is 2.86 bits per heavy atom. The van der Waals surface area contributed by atoms with E-state index in [1.54, 1.807) is 0 Å². The number of benzene rings is 1. The van der Waals surface area contributed by atoms with E-state index in [2.05, 4.69) is 50.5 Å². The Morgan fingerprint density at radius 2 is 2.14 bits per heavy atom. The third kappa shape index (κ3) is 5.07. The maximum Gasteiger partial charge on any atom is 0.224 e. The summed E-state index contributed by atoms with van der Waals surface area (Å²) in [5.41, 5.74) is 3.69. The van der Waals surface area contributed by atoms with Gasteiger partial charge >= 0.3 is 0 Å². The van der Waals surface area contributed by atoms with Crippen LogP contribution in [0, 0.1) is 11.3 Å². The fraction of sp³-hybridized carbons (Fsp3) is 0.611. The molecule has 0 saturated carbocycles. The Kier molecular flexibility index (Phi) is 4.92. The highest BCUT2D eigenvalue weighted by Gasteiger charge is 2.18. The van der Waals surface area contributed by atoms with Crippen LogP contribution in [0.15, 0.2) is 18.2 Å². The number of hydrogen-bond acceptors (Lipinski definition) is 2. The molecule has 116 valence electrons. The second-order valence-corrected chi connectivity index (χ2v) is 7.52. The van der Waals surface area contributed by atoms with Gasteiger partial charge in [0, 0.05) is 24.3 Å². The largest absolute Gasteiger partial charge is 0.385 e. The van der Waals surface area contributed by atoms with Crippen molar-refractivity contribution in [3.63, 3.8) is 0 Å². The van der Waals surface area contributed by atoms with Crippen molar-refractivity contribution in [2.75, 3.05) is 17.2 Å². The topological polar surface area (TPSA) is 41.1 Å². The number of aryl methyl sites for hydroxylation is 1. The highest BCUT2D eigenvalue weighted by Crippen LogP contribution is 2.27. The van der Waals surface area contributed by atoms with E-state index in [1.165, 1.54) is 17.7 Å². The van der Waals surface area contributed by atoms with Crippen molar-refractivity contribution in [2.24, 2.45) is 11.3 Å². The molecule has 0 saturated heterocycles. The van der Waals surface area contributed by atoms with Gasteiger partial charge in [-0.05, 0) is 48.3 Å². The summed E-state index contributed by atoms with van der Waals surface area (Å²) >= 11 is 0. The van der Waals surface area contributed by atoms with Gasteiger partial charge in [0.05, 0.1) is 0 Å². The Morgan fingerprint density at radius 1 is 1.38 bits per heavy atom. The van der Waals surface area contributed by atoms with Crippen molar-refractivity contribution in [3.8, 4) is 0 Å². The molecule has 1 aromatic rings. The van der Waals surface area contributed by atoms with Gasteiger partial charge in [-0.3, -0.25) is 4.79 Å². The molecule has 2 N–H and O–H groups in total. The summed E-state index contributed by atoms with van der Waals surface area (Å²) in [5.74, 6) is 0.517. The SMILES string of the molecule is CC(CC(=O)Nc1ccc2c(c1)NCCC2)CC(C)(C)C. The predicted octanol–water partition coefficient (Wildman–Crippen LogP) is 4.45. The summed E-state index contributed by atoms with van der Waals surface area (Å²) in [6.07, 6.45) is 3.95. The van der Waals surface area contributed by atoms with Gasteiger partial charge in [-0.1, -0.05) is 33.8 Å². The van der Waals surface area contributed by atoms with Gasteiger partial charge in [0.15, 0.2) is 0 Å². The van der Waals surface area contributed by atoms with Crippen LogP contribution in [0.5, 0.6) is 0 Å². The molecule has 0 radical (unpaired) electrons. The number of amides is 1. The Labute approximate surface area is 128 Å². The zero-order chi connectivity index (χ0) is 15.5. The van der Waals surface area contributed by atoms with E-state index in [9.17, 15) is 4.79 Å². The third-order valence-corrected chi connectivity index (χ3v) is 3.83. The van der Waals surface area contributed by atoms with Crippen LogP contribution in [0.3, 0.4) is 0 Å². The molecule has 3 nitrogen and oxygen atoms in total. The molecule has 1 aliphatic heterocycles. The molecular formula is C18H28N2O. The number of nitrogens with one attached hydrogen (secondary N) is 2. The van der Waals surface area contributed by atoms with Crippen molar-refractivity contribution in [2.45, 2.75) is 53.4 Å². The van der Waals surface area contributed by atoms with Crippen molar-refractivity contribution in [3.05, 3.63) is 23.8 Å². The van der Waals surface area contributed by atoms with E-state index < -0.39 is 0 Å². The van der Waals surface area contributed by atoms with Crippen LogP contribution in [0.25, 0.3) is 0 Å². The average Bonchev–Trinajstić information content (AvgIpc) is 2.35. The number of rotatable bonds is 4. The van der Waals surface area contributed by atoms with E-state index in [0.29, 0.717) is 12.3 Å². The van der Waals surface area contributed by atoms with Gasteiger partial charge in [-0.25, -0.2) is 0 Å². The molecule has 0 aromatic heterocycles. The van der Waals surface area contributed by atoms with Crippen LogP contribution in [-0.2, 0) is 11.2 Å². The van der Waals surface area contributed by atoms with Crippen molar-refractivity contribution >= 4 is 17.3 Å². The summed E-state index contributed by atoms with van der Waals surface area (Å²) in [5, 5.41) is 6.43. The van der Waals surface area contributed by atoms with E-state index in [4.69, 9.17) is 0 Å². The van der Waals surface area contributed by atoms with Crippen LogP contribution < -0.4 is 10.6 Å². The van der Waals surface area contributed by atoms with Gasteiger partial charge in [0.2, 0.25) is 5.91 Å². The van der Waals surface area contributed by atoms with Crippen LogP contribution in [0.2, 0.25) is 0 Å². The lowest BCUT2D eigenvalue weighted by atomic mass is 9.84. The molecule has 1 aliphatic rings. The molecule has 0 aliphatic carbocycles. The zero-order valence-corrected chi connectivity index (χ0v) is 13.8. The van der Waals surface area contributed by atoms with E-state index in [0.717, 1.165) is 25.1 Å². The van der Waals surface area contributed by atoms with Crippen molar-refractivity contribution in [1.82, 2.24) is 0 Å². The predicted molar refractivity (Wildman–Crippen MR) is 89.7 cm³/mol. The molecule has 1 unspecified atom stereocenters. The summed E-state index contributed by atoms with van der Waals surface area (Å²) in [6, 6.07) is 6.19. The lowest BCUT2D eigenvalue weighted by Gasteiger charge is -2.23. The molecule has 0 spiro atoms. The molecular weight excluding hydrogens is 260 g/mol. The van der Waals surface area contributed by atoms with E-state index >= 15 is 0 Å². The monoisotopic (exact) mass is 288 g/mol. The second kappa shape index (κ2) is 6.50. The standard InChI is InChI=1S/C18H28N2O/c1-13(12-18(2,3)4)10-17(21)20-15-8-7-14-6-5-9-19-16(14)11-15/h7-8,11,13,19H,5-6,9-10,12H2,1-4H3,(H,20,21). The summed E-state index contributed by atoms with van der Waals surface area (Å²) in [4.78, 5) is 12.1. The Bertz CT molecular complexity index is 502. The highest BCUT2D eigenvalue weighted by atomic mass is 16.1. The molecule has 0 bridgehead atoms.